The van der Waals surface area contributed by atoms with Crippen LogP contribution in [-0.4, -0.2) is 7.05 Å². The fourth-order valence-corrected chi connectivity index (χ4v) is 2.35. The van der Waals surface area contributed by atoms with Crippen molar-refractivity contribution in [3.63, 3.8) is 0 Å². The van der Waals surface area contributed by atoms with Crippen molar-refractivity contribution in [2.45, 2.75) is 13.0 Å². The van der Waals surface area contributed by atoms with Crippen molar-refractivity contribution >= 4 is 11.6 Å². The molecule has 0 saturated carbocycles. The van der Waals surface area contributed by atoms with Gasteiger partial charge in [-0.15, -0.1) is 0 Å². The van der Waals surface area contributed by atoms with Gasteiger partial charge in [0.15, 0.2) is 0 Å². The lowest BCUT2D eigenvalue weighted by Gasteiger charge is -2.20. The zero-order valence-electron chi connectivity index (χ0n) is 10.7. The molecule has 0 fully saturated rings. The van der Waals surface area contributed by atoms with Gasteiger partial charge < -0.3 is 5.32 Å². The first-order chi connectivity index (χ1) is 9.04. The van der Waals surface area contributed by atoms with Gasteiger partial charge in [0, 0.05) is 10.6 Å². The number of rotatable bonds is 3. The van der Waals surface area contributed by atoms with Crippen molar-refractivity contribution in [3.05, 3.63) is 69.7 Å². The van der Waals surface area contributed by atoms with Gasteiger partial charge in [0.25, 0.3) is 0 Å². The lowest BCUT2D eigenvalue weighted by atomic mass is 9.97. The van der Waals surface area contributed by atoms with E-state index in [0.717, 1.165) is 0 Å². The summed E-state index contributed by atoms with van der Waals surface area (Å²) in [4.78, 5) is 0. The number of aryl methyl sites for hydroxylation is 1. The van der Waals surface area contributed by atoms with Crippen LogP contribution in [0.15, 0.2) is 36.4 Å². The highest BCUT2D eigenvalue weighted by Gasteiger charge is 2.19. The molecule has 0 aliphatic carbocycles. The fourth-order valence-electron chi connectivity index (χ4n) is 2.09. The summed E-state index contributed by atoms with van der Waals surface area (Å²) in [6, 6.07) is 8.96. The van der Waals surface area contributed by atoms with Crippen LogP contribution in [0.3, 0.4) is 0 Å². The molecule has 1 N–H and O–H groups in total. The Morgan fingerprint density at radius 2 is 1.74 bits per heavy atom. The number of hydrogen-bond donors (Lipinski definition) is 1. The van der Waals surface area contributed by atoms with E-state index in [9.17, 15) is 8.78 Å². The van der Waals surface area contributed by atoms with E-state index in [-0.39, 0.29) is 16.7 Å². The first-order valence-electron chi connectivity index (χ1n) is 5.92. The van der Waals surface area contributed by atoms with Crippen LogP contribution >= 0.6 is 11.6 Å². The van der Waals surface area contributed by atoms with Gasteiger partial charge in [-0.05, 0) is 43.3 Å². The molecule has 4 heteroatoms. The largest absolute Gasteiger partial charge is 0.309 e. The van der Waals surface area contributed by atoms with Crippen molar-refractivity contribution < 1.29 is 8.78 Å². The second-order valence-corrected chi connectivity index (χ2v) is 4.77. The van der Waals surface area contributed by atoms with Crippen LogP contribution in [0.5, 0.6) is 0 Å². The summed E-state index contributed by atoms with van der Waals surface area (Å²) in [6.07, 6.45) is 0. The van der Waals surface area contributed by atoms with E-state index >= 15 is 0 Å². The number of benzene rings is 2. The molecule has 0 aromatic heterocycles. The zero-order valence-corrected chi connectivity index (χ0v) is 11.4. The third-order valence-electron chi connectivity index (χ3n) is 3.09. The smallest absolute Gasteiger partial charge is 0.128 e. The van der Waals surface area contributed by atoms with Crippen molar-refractivity contribution in [2.24, 2.45) is 0 Å². The highest BCUT2D eigenvalue weighted by molar-refractivity contribution is 6.31. The molecule has 1 atom stereocenters. The van der Waals surface area contributed by atoms with Crippen LogP contribution in [0.2, 0.25) is 5.02 Å². The molecule has 0 spiro atoms. The minimum absolute atomic E-state index is 0.283. The molecule has 2 aromatic carbocycles. The van der Waals surface area contributed by atoms with Gasteiger partial charge in [-0.3, -0.25) is 0 Å². The summed E-state index contributed by atoms with van der Waals surface area (Å²) in [5, 5.41) is 3.30. The maximum atomic E-state index is 13.9. The Hall–Kier alpha value is -1.45. The van der Waals surface area contributed by atoms with Gasteiger partial charge in [-0.2, -0.15) is 0 Å². The van der Waals surface area contributed by atoms with E-state index in [0.29, 0.717) is 16.7 Å². The van der Waals surface area contributed by atoms with Gasteiger partial charge in [0.1, 0.15) is 11.6 Å². The highest BCUT2D eigenvalue weighted by atomic mass is 35.5. The minimum atomic E-state index is -0.409. The molecule has 0 aliphatic rings. The van der Waals surface area contributed by atoms with Gasteiger partial charge in [0.05, 0.1) is 6.04 Å². The van der Waals surface area contributed by atoms with Crippen LogP contribution in [0.25, 0.3) is 0 Å². The summed E-state index contributed by atoms with van der Waals surface area (Å²) in [5.41, 5.74) is 1.63. The van der Waals surface area contributed by atoms with Crippen LogP contribution in [0.4, 0.5) is 8.78 Å². The molecule has 2 rings (SSSR count). The van der Waals surface area contributed by atoms with Crippen LogP contribution in [-0.2, 0) is 0 Å². The van der Waals surface area contributed by atoms with E-state index in [1.54, 1.807) is 38.2 Å². The predicted octanol–water partition coefficient (Wildman–Crippen LogP) is 4.24. The van der Waals surface area contributed by atoms with Gasteiger partial charge in [0.2, 0.25) is 0 Å². The lowest BCUT2D eigenvalue weighted by molar-refractivity contribution is 0.574. The first kappa shape index (κ1) is 14.0. The van der Waals surface area contributed by atoms with Crippen molar-refractivity contribution in [1.29, 1.82) is 0 Å². The highest BCUT2D eigenvalue weighted by Crippen LogP contribution is 2.31. The van der Waals surface area contributed by atoms with E-state index in [2.05, 4.69) is 5.32 Å². The van der Waals surface area contributed by atoms with E-state index in [1.807, 2.05) is 0 Å². The maximum absolute atomic E-state index is 13.9. The predicted molar refractivity (Wildman–Crippen MR) is 73.4 cm³/mol. The second-order valence-electron chi connectivity index (χ2n) is 4.37. The Balaban J connectivity index is 2.55. The van der Waals surface area contributed by atoms with E-state index in [1.165, 1.54) is 12.1 Å². The van der Waals surface area contributed by atoms with Crippen molar-refractivity contribution in [3.8, 4) is 0 Å². The Labute approximate surface area is 116 Å². The Morgan fingerprint density at radius 3 is 2.37 bits per heavy atom. The molecule has 0 heterocycles. The molecule has 1 unspecified atom stereocenters. The summed E-state index contributed by atoms with van der Waals surface area (Å²) < 4.78 is 27.3. The molecule has 1 nitrogen and oxygen atoms in total. The SMILES string of the molecule is CNC(c1ccccc1F)c1cc(C)c(F)cc1Cl. The van der Waals surface area contributed by atoms with E-state index < -0.39 is 6.04 Å². The van der Waals surface area contributed by atoms with Gasteiger partial charge in [-0.25, -0.2) is 8.78 Å². The number of halogens is 3. The van der Waals surface area contributed by atoms with Crippen molar-refractivity contribution in [2.75, 3.05) is 7.05 Å². The number of hydrogen-bond acceptors (Lipinski definition) is 1. The standard InChI is InChI=1S/C15H14ClF2N/c1-9-7-11(12(16)8-14(9)18)15(19-2)10-5-3-4-6-13(10)17/h3-8,15,19H,1-2H3. The van der Waals surface area contributed by atoms with Gasteiger partial charge >= 0.3 is 0 Å². The van der Waals surface area contributed by atoms with Crippen LogP contribution in [0.1, 0.15) is 22.7 Å². The quantitative estimate of drug-likeness (QED) is 0.887. The molecule has 0 amide bonds. The fraction of sp³-hybridized carbons (Fsp3) is 0.200. The first-order valence-corrected chi connectivity index (χ1v) is 6.29. The second kappa shape index (κ2) is 5.68. The van der Waals surface area contributed by atoms with E-state index in [4.69, 9.17) is 11.6 Å². The normalized spacial score (nSPS) is 12.5. The molecule has 0 bridgehead atoms. The maximum Gasteiger partial charge on any atom is 0.128 e. The molecule has 0 aliphatic heterocycles. The topological polar surface area (TPSA) is 12.0 Å². The average molecular weight is 282 g/mol. The Morgan fingerprint density at radius 1 is 1.05 bits per heavy atom. The average Bonchev–Trinajstić information content (AvgIpc) is 2.38. The van der Waals surface area contributed by atoms with Crippen LogP contribution in [0, 0.1) is 18.6 Å². The lowest BCUT2D eigenvalue weighted by Crippen LogP contribution is -2.19. The summed E-state index contributed by atoms with van der Waals surface area (Å²) in [5.74, 6) is -0.683. The number of nitrogens with one attached hydrogen (secondary N) is 1. The third kappa shape index (κ3) is 2.77. The third-order valence-corrected chi connectivity index (χ3v) is 3.42. The molecule has 19 heavy (non-hydrogen) atoms. The van der Waals surface area contributed by atoms with Crippen molar-refractivity contribution in [1.82, 2.24) is 5.32 Å². The summed E-state index contributed by atoms with van der Waals surface area (Å²) >= 11 is 6.07. The Kier molecular flexibility index (Phi) is 4.17. The minimum Gasteiger partial charge on any atom is -0.309 e. The molecular weight excluding hydrogens is 268 g/mol. The summed E-state index contributed by atoms with van der Waals surface area (Å²) in [6.45, 7) is 1.66. The molecule has 0 radical (unpaired) electrons. The summed E-state index contributed by atoms with van der Waals surface area (Å²) in [7, 11) is 1.71. The Bertz CT molecular complexity index is 599. The zero-order chi connectivity index (χ0) is 14.0. The molecular formula is C15H14ClF2N. The molecule has 2 aromatic rings. The van der Waals surface area contributed by atoms with Gasteiger partial charge in [-0.1, -0.05) is 29.8 Å². The monoisotopic (exact) mass is 281 g/mol. The van der Waals surface area contributed by atoms with Crippen LogP contribution < -0.4 is 5.32 Å². The molecule has 0 saturated heterocycles. The molecule has 100 valence electrons.